The Balaban J connectivity index is 1.78. The van der Waals surface area contributed by atoms with Crippen LogP contribution in [0.4, 0.5) is 4.79 Å². The zero-order valence-corrected chi connectivity index (χ0v) is 17.6. The molecule has 29 heavy (non-hydrogen) atoms. The van der Waals surface area contributed by atoms with Crippen molar-refractivity contribution in [3.8, 4) is 11.8 Å². The van der Waals surface area contributed by atoms with Crippen molar-refractivity contribution in [1.82, 2.24) is 15.1 Å². The van der Waals surface area contributed by atoms with E-state index in [1.807, 2.05) is 30.9 Å². The maximum absolute atomic E-state index is 12.6. The van der Waals surface area contributed by atoms with E-state index in [0.717, 1.165) is 37.1 Å². The van der Waals surface area contributed by atoms with E-state index in [0.29, 0.717) is 6.54 Å². The highest BCUT2D eigenvalue weighted by atomic mass is 16.3. The Kier molecular flexibility index (Phi) is 7.18. The maximum Gasteiger partial charge on any atom is 0.317 e. The molecule has 2 amide bonds. The fourth-order valence-corrected chi connectivity index (χ4v) is 4.44. The normalized spacial score (nSPS) is 25.7. The van der Waals surface area contributed by atoms with Crippen LogP contribution in [0.25, 0.3) is 0 Å². The molecule has 0 saturated carbocycles. The Labute approximate surface area is 173 Å². The maximum atomic E-state index is 12.6. The molecule has 4 atom stereocenters. The second-order valence-corrected chi connectivity index (χ2v) is 8.41. The van der Waals surface area contributed by atoms with Crippen LogP contribution in [-0.4, -0.2) is 76.5 Å². The monoisotopic (exact) mass is 399 g/mol. The first-order valence-corrected chi connectivity index (χ1v) is 10.6. The van der Waals surface area contributed by atoms with Crippen molar-refractivity contribution in [2.75, 3.05) is 26.2 Å². The molecule has 3 N–H and O–H groups in total. The predicted molar refractivity (Wildman–Crippen MR) is 114 cm³/mol. The molecule has 0 radical (unpaired) electrons. The molecule has 2 heterocycles. The fourth-order valence-electron chi connectivity index (χ4n) is 4.44. The first-order valence-electron chi connectivity index (χ1n) is 10.6. The minimum absolute atomic E-state index is 0.00297. The molecule has 2 fully saturated rings. The van der Waals surface area contributed by atoms with Gasteiger partial charge in [-0.05, 0) is 57.9 Å². The summed E-state index contributed by atoms with van der Waals surface area (Å²) < 4.78 is 0. The molecular weight excluding hydrogens is 366 g/mol. The second-order valence-electron chi connectivity index (χ2n) is 8.41. The Morgan fingerprint density at radius 2 is 1.90 bits per heavy atom. The Morgan fingerprint density at radius 1 is 1.21 bits per heavy atom. The number of rotatable bonds is 3. The van der Waals surface area contributed by atoms with Crippen LogP contribution in [0.2, 0.25) is 0 Å². The number of urea groups is 1. The number of carbonyl (C=O) groups is 1. The molecule has 1 aromatic carbocycles. The van der Waals surface area contributed by atoms with Gasteiger partial charge in [0.05, 0.1) is 6.61 Å². The molecule has 0 aromatic heterocycles. The Hall–Kier alpha value is -2.07. The third-order valence-electron chi connectivity index (χ3n) is 5.79. The average Bonchev–Trinajstić information content (AvgIpc) is 2.65. The quantitative estimate of drug-likeness (QED) is 0.677. The third kappa shape index (κ3) is 5.11. The van der Waals surface area contributed by atoms with Crippen LogP contribution in [0.1, 0.15) is 50.7 Å². The van der Waals surface area contributed by atoms with Crippen molar-refractivity contribution in [2.24, 2.45) is 0 Å². The summed E-state index contributed by atoms with van der Waals surface area (Å²) >= 11 is 0. The number of aliphatic hydroxyl groups excluding tert-OH is 2. The lowest BCUT2D eigenvalue weighted by Crippen LogP contribution is -2.68. The van der Waals surface area contributed by atoms with E-state index in [9.17, 15) is 15.0 Å². The van der Waals surface area contributed by atoms with E-state index in [1.54, 1.807) is 6.92 Å². The van der Waals surface area contributed by atoms with Crippen LogP contribution in [-0.2, 0) is 0 Å². The van der Waals surface area contributed by atoms with Crippen molar-refractivity contribution >= 4 is 6.03 Å². The summed E-state index contributed by atoms with van der Waals surface area (Å²) in [5.74, 6) is 5.91. The minimum atomic E-state index is -0.647. The van der Waals surface area contributed by atoms with Gasteiger partial charge in [0.15, 0.2) is 0 Å². The zero-order valence-electron chi connectivity index (χ0n) is 17.6. The first kappa shape index (κ1) is 21.6. The summed E-state index contributed by atoms with van der Waals surface area (Å²) in [5.41, 5.74) is 2.03. The van der Waals surface area contributed by atoms with Gasteiger partial charge in [0, 0.05) is 42.7 Å². The predicted octanol–water partition coefficient (Wildman–Crippen LogP) is 1.76. The highest BCUT2D eigenvalue weighted by Crippen LogP contribution is 2.41. The van der Waals surface area contributed by atoms with Crippen LogP contribution in [0.3, 0.4) is 0 Å². The van der Waals surface area contributed by atoms with Crippen molar-refractivity contribution in [2.45, 2.75) is 63.8 Å². The van der Waals surface area contributed by atoms with Gasteiger partial charge in [0.1, 0.15) is 6.10 Å². The average molecular weight is 400 g/mol. The SMILES string of the molecule is CC(C)NC(=O)N1CCCCN2[C@H](CO)[C@@H](c3ccc(C#C[C@@H](C)O)cc3)[C@H]2C1. The van der Waals surface area contributed by atoms with E-state index in [-0.39, 0.29) is 36.7 Å². The van der Waals surface area contributed by atoms with Crippen molar-refractivity contribution in [3.05, 3.63) is 35.4 Å². The highest BCUT2D eigenvalue weighted by molar-refractivity contribution is 5.74. The molecule has 2 saturated heterocycles. The van der Waals surface area contributed by atoms with Crippen LogP contribution in [0, 0.1) is 11.8 Å². The number of carbonyl (C=O) groups excluding carboxylic acids is 1. The molecule has 158 valence electrons. The fraction of sp³-hybridized carbons (Fsp3) is 0.609. The van der Waals surface area contributed by atoms with Crippen molar-refractivity contribution in [3.63, 3.8) is 0 Å². The number of amides is 2. The number of nitrogens with zero attached hydrogens (tertiary/aromatic N) is 2. The number of benzene rings is 1. The van der Waals surface area contributed by atoms with E-state index < -0.39 is 6.10 Å². The van der Waals surface area contributed by atoms with Gasteiger partial charge in [-0.15, -0.1) is 0 Å². The van der Waals surface area contributed by atoms with E-state index in [1.165, 1.54) is 0 Å². The molecule has 2 aliphatic rings. The zero-order chi connectivity index (χ0) is 21.0. The van der Waals surface area contributed by atoms with E-state index in [2.05, 4.69) is 34.2 Å². The topological polar surface area (TPSA) is 76.0 Å². The van der Waals surface area contributed by atoms with E-state index >= 15 is 0 Å². The van der Waals surface area contributed by atoms with E-state index in [4.69, 9.17) is 0 Å². The molecule has 0 unspecified atom stereocenters. The van der Waals surface area contributed by atoms with Crippen molar-refractivity contribution < 1.29 is 15.0 Å². The van der Waals surface area contributed by atoms with Crippen molar-refractivity contribution in [1.29, 1.82) is 0 Å². The molecule has 6 heteroatoms. The molecule has 3 rings (SSSR count). The second kappa shape index (κ2) is 9.62. The summed E-state index contributed by atoms with van der Waals surface area (Å²) in [6.07, 6.45) is 1.36. The summed E-state index contributed by atoms with van der Waals surface area (Å²) in [6, 6.07) is 8.46. The summed E-state index contributed by atoms with van der Waals surface area (Å²) in [5, 5.41) is 22.4. The number of hydrogen-bond donors (Lipinski definition) is 3. The number of hydrogen-bond acceptors (Lipinski definition) is 4. The molecule has 1 aromatic rings. The van der Waals surface area contributed by atoms with Gasteiger partial charge in [-0.3, -0.25) is 4.90 Å². The van der Waals surface area contributed by atoms with Crippen LogP contribution in [0.5, 0.6) is 0 Å². The number of nitrogens with one attached hydrogen (secondary N) is 1. The smallest absolute Gasteiger partial charge is 0.317 e. The van der Waals surface area contributed by atoms with Gasteiger partial charge in [0.25, 0.3) is 0 Å². The summed E-state index contributed by atoms with van der Waals surface area (Å²) in [6.45, 7) is 8.11. The Bertz CT molecular complexity index is 751. The van der Waals surface area contributed by atoms with Gasteiger partial charge >= 0.3 is 6.03 Å². The molecule has 0 aliphatic carbocycles. The minimum Gasteiger partial charge on any atom is -0.395 e. The summed E-state index contributed by atoms with van der Waals surface area (Å²) in [4.78, 5) is 16.9. The first-order chi connectivity index (χ1) is 13.9. The third-order valence-corrected chi connectivity index (χ3v) is 5.79. The van der Waals surface area contributed by atoms with Crippen LogP contribution in [0.15, 0.2) is 24.3 Å². The van der Waals surface area contributed by atoms with Gasteiger partial charge < -0.3 is 20.4 Å². The standard InChI is InChI=1S/C23H33N3O3/c1-16(2)24-23(29)25-12-4-5-13-26-20(14-25)22(21(26)15-27)19-10-8-18(9-11-19)7-6-17(3)28/h8-11,16-17,20-22,27-28H,4-5,12-15H2,1-3H3,(H,24,29)/t17-,20-,21-,22+/m1/s1. The van der Waals surface area contributed by atoms with Crippen LogP contribution >= 0.6 is 0 Å². The summed E-state index contributed by atoms with van der Waals surface area (Å²) in [7, 11) is 0. The van der Waals surface area contributed by atoms with Crippen LogP contribution < -0.4 is 5.32 Å². The number of fused-ring (bicyclic) bond motifs is 1. The highest BCUT2D eigenvalue weighted by Gasteiger charge is 2.49. The van der Waals surface area contributed by atoms with Gasteiger partial charge in [-0.2, -0.15) is 0 Å². The molecular formula is C23H33N3O3. The molecule has 0 bridgehead atoms. The molecule has 6 nitrogen and oxygen atoms in total. The van der Waals surface area contributed by atoms with Gasteiger partial charge in [-0.25, -0.2) is 4.79 Å². The van der Waals surface area contributed by atoms with Gasteiger partial charge in [-0.1, -0.05) is 24.0 Å². The largest absolute Gasteiger partial charge is 0.395 e. The molecule has 2 aliphatic heterocycles. The Morgan fingerprint density at radius 3 is 2.52 bits per heavy atom. The number of aliphatic hydroxyl groups is 2. The lowest BCUT2D eigenvalue weighted by atomic mass is 9.74. The van der Waals surface area contributed by atoms with Gasteiger partial charge in [0.2, 0.25) is 0 Å². The lowest BCUT2D eigenvalue weighted by molar-refractivity contribution is -0.0591. The lowest BCUT2D eigenvalue weighted by Gasteiger charge is -2.57. The molecule has 0 spiro atoms.